The average Bonchev–Trinajstić information content (AvgIpc) is 2.17. The Morgan fingerprint density at radius 3 is 2.71 bits per heavy atom. The fraction of sp³-hybridized carbons (Fsp3) is 0.333. The summed E-state index contributed by atoms with van der Waals surface area (Å²) >= 11 is 0. The number of rotatable bonds is 4. The van der Waals surface area contributed by atoms with Gasteiger partial charge in [-0.05, 0) is 18.6 Å². The predicted octanol–water partition coefficient (Wildman–Crippen LogP) is 1.45. The van der Waals surface area contributed by atoms with Crippen LogP contribution in [0.1, 0.15) is 12.5 Å². The zero-order valence-electron chi connectivity index (χ0n) is 7.90. The maximum atomic E-state index is 10.5. The molecule has 1 aromatic carbocycles. The third-order valence-electron chi connectivity index (χ3n) is 1.71. The van der Waals surface area contributed by atoms with Gasteiger partial charge in [0.25, 0.3) is 5.69 Å². The van der Waals surface area contributed by atoms with Gasteiger partial charge in [0, 0.05) is 12.6 Å². The minimum atomic E-state index is -0.457. The second-order valence-corrected chi connectivity index (χ2v) is 2.73. The second kappa shape index (κ2) is 4.57. The van der Waals surface area contributed by atoms with Crippen LogP contribution in [-0.2, 0) is 6.54 Å². The molecule has 0 radical (unpaired) electrons. The second-order valence-electron chi connectivity index (χ2n) is 2.73. The van der Waals surface area contributed by atoms with Gasteiger partial charge >= 0.3 is 0 Å². The summed E-state index contributed by atoms with van der Waals surface area (Å²) in [4.78, 5) is 10.1. The summed E-state index contributed by atoms with van der Waals surface area (Å²) in [5, 5.41) is 10.5. The summed E-state index contributed by atoms with van der Waals surface area (Å²) in [6, 6.07) is 4.54. The molecular formula is C9H12N2O3. The summed E-state index contributed by atoms with van der Waals surface area (Å²) < 4.78 is 5.18. The van der Waals surface area contributed by atoms with E-state index in [1.165, 1.54) is 12.1 Å². The van der Waals surface area contributed by atoms with E-state index in [9.17, 15) is 10.1 Å². The molecule has 0 aliphatic rings. The smallest absolute Gasteiger partial charge is 0.273 e. The highest BCUT2D eigenvalue weighted by Crippen LogP contribution is 2.22. The van der Waals surface area contributed by atoms with E-state index in [0.29, 0.717) is 17.9 Å². The molecular weight excluding hydrogens is 184 g/mol. The maximum absolute atomic E-state index is 10.5. The van der Waals surface area contributed by atoms with Crippen molar-refractivity contribution in [3.8, 4) is 5.75 Å². The minimum absolute atomic E-state index is 0.0106. The summed E-state index contributed by atoms with van der Waals surface area (Å²) in [6.07, 6.45) is 0. The van der Waals surface area contributed by atoms with Crippen LogP contribution in [0.25, 0.3) is 0 Å². The molecule has 0 aromatic heterocycles. The molecule has 0 fully saturated rings. The lowest BCUT2D eigenvalue weighted by atomic mass is 10.2. The predicted molar refractivity (Wildman–Crippen MR) is 52.2 cm³/mol. The largest absolute Gasteiger partial charge is 0.494 e. The molecule has 0 spiro atoms. The van der Waals surface area contributed by atoms with Crippen molar-refractivity contribution in [2.24, 2.45) is 5.73 Å². The monoisotopic (exact) mass is 196 g/mol. The molecule has 5 heteroatoms. The van der Waals surface area contributed by atoms with Crippen LogP contribution < -0.4 is 10.5 Å². The van der Waals surface area contributed by atoms with E-state index in [0.717, 1.165) is 0 Å². The van der Waals surface area contributed by atoms with Crippen LogP contribution in [0, 0.1) is 10.1 Å². The molecule has 0 unspecified atom stereocenters. The van der Waals surface area contributed by atoms with Gasteiger partial charge in [0.05, 0.1) is 17.6 Å². The van der Waals surface area contributed by atoms with Crippen LogP contribution >= 0.6 is 0 Å². The highest BCUT2D eigenvalue weighted by molar-refractivity contribution is 5.42. The van der Waals surface area contributed by atoms with Crippen LogP contribution in [0.3, 0.4) is 0 Å². The van der Waals surface area contributed by atoms with E-state index in [4.69, 9.17) is 10.5 Å². The molecule has 0 bridgehead atoms. The zero-order valence-corrected chi connectivity index (χ0v) is 7.90. The van der Waals surface area contributed by atoms with E-state index in [-0.39, 0.29) is 12.2 Å². The van der Waals surface area contributed by atoms with E-state index in [2.05, 4.69) is 0 Å². The quantitative estimate of drug-likeness (QED) is 0.584. The molecule has 76 valence electrons. The van der Waals surface area contributed by atoms with Crippen LogP contribution in [-0.4, -0.2) is 11.5 Å². The topological polar surface area (TPSA) is 78.4 Å². The molecule has 1 aromatic rings. The van der Waals surface area contributed by atoms with Crippen LogP contribution in [0.15, 0.2) is 18.2 Å². The third kappa shape index (κ3) is 2.43. The van der Waals surface area contributed by atoms with Crippen molar-refractivity contribution in [2.45, 2.75) is 13.5 Å². The number of ether oxygens (including phenoxy) is 1. The number of hydrogen-bond acceptors (Lipinski definition) is 4. The maximum Gasteiger partial charge on any atom is 0.273 e. The summed E-state index contributed by atoms with van der Waals surface area (Å²) in [5.41, 5.74) is 6.11. The van der Waals surface area contributed by atoms with Gasteiger partial charge in [-0.1, -0.05) is 0 Å². The number of nitro benzene ring substituents is 1. The summed E-state index contributed by atoms with van der Waals surface area (Å²) in [5.74, 6) is 0.488. The average molecular weight is 196 g/mol. The lowest BCUT2D eigenvalue weighted by Crippen LogP contribution is -2.00. The third-order valence-corrected chi connectivity index (χ3v) is 1.71. The van der Waals surface area contributed by atoms with Gasteiger partial charge in [-0.2, -0.15) is 0 Å². The first-order chi connectivity index (χ1) is 6.67. The first-order valence-corrected chi connectivity index (χ1v) is 4.28. The van der Waals surface area contributed by atoms with Crippen molar-refractivity contribution in [2.75, 3.05) is 6.61 Å². The SMILES string of the molecule is CCOc1cc(CN)cc([N+](=O)[O-])c1. The highest BCUT2D eigenvalue weighted by atomic mass is 16.6. The number of hydrogen-bond donors (Lipinski definition) is 1. The molecule has 0 saturated heterocycles. The van der Waals surface area contributed by atoms with Crippen LogP contribution in [0.2, 0.25) is 0 Å². The van der Waals surface area contributed by atoms with E-state index in [1.54, 1.807) is 6.07 Å². The lowest BCUT2D eigenvalue weighted by molar-refractivity contribution is -0.385. The van der Waals surface area contributed by atoms with Crippen LogP contribution in [0.4, 0.5) is 5.69 Å². The van der Waals surface area contributed by atoms with Gasteiger partial charge in [-0.3, -0.25) is 10.1 Å². The highest BCUT2D eigenvalue weighted by Gasteiger charge is 2.09. The molecule has 14 heavy (non-hydrogen) atoms. The van der Waals surface area contributed by atoms with Crippen LogP contribution in [0.5, 0.6) is 5.75 Å². The van der Waals surface area contributed by atoms with Crippen molar-refractivity contribution in [1.29, 1.82) is 0 Å². The van der Waals surface area contributed by atoms with Crippen molar-refractivity contribution in [3.63, 3.8) is 0 Å². The van der Waals surface area contributed by atoms with Crippen molar-refractivity contribution >= 4 is 5.69 Å². The van der Waals surface area contributed by atoms with Crippen molar-refractivity contribution < 1.29 is 9.66 Å². The van der Waals surface area contributed by atoms with Gasteiger partial charge < -0.3 is 10.5 Å². The Hall–Kier alpha value is -1.62. The normalized spacial score (nSPS) is 9.86. The van der Waals surface area contributed by atoms with Gasteiger partial charge in [-0.15, -0.1) is 0 Å². The Morgan fingerprint density at radius 1 is 1.50 bits per heavy atom. The van der Waals surface area contributed by atoms with Crippen molar-refractivity contribution in [1.82, 2.24) is 0 Å². The summed E-state index contributed by atoms with van der Waals surface area (Å²) in [6.45, 7) is 2.56. The Bertz CT molecular complexity index is 339. The fourth-order valence-corrected chi connectivity index (χ4v) is 1.12. The van der Waals surface area contributed by atoms with Gasteiger partial charge in [0.1, 0.15) is 5.75 Å². The first kappa shape index (κ1) is 10.5. The molecule has 0 amide bonds. The van der Waals surface area contributed by atoms with Gasteiger partial charge in [-0.25, -0.2) is 0 Å². The van der Waals surface area contributed by atoms with Gasteiger partial charge in [0.15, 0.2) is 0 Å². The Labute approximate surface area is 81.6 Å². The number of non-ortho nitro benzene ring substituents is 1. The van der Waals surface area contributed by atoms with E-state index < -0.39 is 4.92 Å². The zero-order chi connectivity index (χ0) is 10.6. The molecule has 0 aliphatic carbocycles. The minimum Gasteiger partial charge on any atom is -0.494 e. The standard InChI is InChI=1S/C9H12N2O3/c1-2-14-9-4-7(6-10)3-8(5-9)11(12)13/h3-5H,2,6,10H2,1H3. The molecule has 5 nitrogen and oxygen atoms in total. The lowest BCUT2D eigenvalue weighted by Gasteiger charge is -2.04. The molecule has 0 heterocycles. The molecule has 0 aliphatic heterocycles. The molecule has 0 atom stereocenters. The Kier molecular flexibility index (Phi) is 3.41. The van der Waals surface area contributed by atoms with Gasteiger partial charge in [0.2, 0.25) is 0 Å². The van der Waals surface area contributed by atoms with E-state index in [1.807, 2.05) is 6.92 Å². The Balaban J connectivity index is 3.06. The van der Waals surface area contributed by atoms with Crippen molar-refractivity contribution in [3.05, 3.63) is 33.9 Å². The number of nitrogens with zero attached hydrogens (tertiary/aromatic N) is 1. The molecule has 1 rings (SSSR count). The number of nitro groups is 1. The molecule has 2 N–H and O–H groups in total. The van der Waals surface area contributed by atoms with E-state index >= 15 is 0 Å². The number of nitrogens with two attached hydrogens (primary N) is 1. The molecule has 0 saturated carbocycles. The Morgan fingerprint density at radius 2 is 2.21 bits per heavy atom. The summed E-state index contributed by atoms with van der Waals surface area (Å²) in [7, 11) is 0. The number of benzene rings is 1. The first-order valence-electron chi connectivity index (χ1n) is 4.28. The fourth-order valence-electron chi connectivity index (χ4n) is 1.12.